The molecule has 4 nitrogen and oxygen atoms in total. The molecule has 2 aromatic rings. The lowest BCUT2D eigenvalue weighted by Crippen LogP contribution is -2.22. The quantitative estimate of drug-likeness (QED) is 0.719. The van der Waals surface area contributed by atoms with E-state index >= 15 is 0 Å². The molecule has 1 aromatic heterocycles. The minimum absolute atomic E-state index is 0.780. The molecule has 1 heterocycles. The summed E-state index contributed by atoms with van der Waals surface area (Å²) in [6.45, 7) is 8.83. The number of hydrogen-bond acceptors (Lipinski definition) is 4. The van der Waals surface area contributed by atoms with Gasteiger partial charge >= 0.3 is 0 Å². The van der Waals surface area contributed by atoms with Gasteiger partial charge in [0.2, 0.25) is 0 Å². The van der Waals surface area contributed by atoms with Gasteiger partial charge in [0.15, 0.2) is 5.76 Å². The van der Waals surface area contributed by atoms with E-state index in [0.717, 1.165) is 50.6 Å². The Bertz CT molecular complexity index is 510. The van der Waals surface area contributed by atoms with E-state index in [1.54, 1.807) is 0 Å². The van der Waals surface area contributed by atoms with Gasteiger partial charge in [0.25, 0.3) is 0 Å². The van der Waals surface area contributed by atoms with Crippen molar-refractivity contribution in [2.45, 2.75) is 39.9 Å². The van der Waals surface area contributed by atoms with Crippen LogP contribution in [0.3, 0.4) is 0 Å². The van der Waals surface area contributed by atoms with Crippen molar-refractivity contribution >= 4 is 0 Å². The molecule has 0 amide bonds. The topological polar surface area (TPSA) is 41.3 Å². The normalized spacial score (nSPS) is 11.2. The van der Waals surface area contributed by atoms with Crippen molar-refractivity contribution in [3.63, 3.8) is 0 Å². The van der Waals surface area contributed by atoms with Crippen LogP contribution in [0.2, 0.25) is 0 Å². The van der Waals surface area contributed by atoms with Gasteiger partial charge in [-0.05, 0) is 25.1 Å². The maximum absolute atomic E-state index is 5.43. The largest absolute Gasteiger partial charge is 0.360 e. The Labute approximate surface area is 127 Å². The summed E-state index contributed by atoms with van der Waals surface area (Å²) in [5.41, 5.74) is 2.30. The molecule has 0 aliphatic carbocycles. The zero-order valence-electron chi connectivity index (χ0n) is 13.0. The molecular weight excluding hydrogens is 262 g/mol. The first-order valence-electron chi connectivity index (χ1n) is 7.73. The molecule has 0 unspecified atom stereocenters. The fraction of sp³-hybridized carbons (Fsp3) is 0.471. The van der Waals surface area contributed by atoms with E-state index in [1.807, 2.05) is 6.07 Å². The van der Waals surface area contributed by atoms with Crippen LogP contribution in [0.4, 0.5) is 0 Å². The molecule has 0 aliphatic rings. The highest BCUT2D eigenvalue weighted by atomic mass is 16.5. The summed E-state index contributed by atoms with van der Waals surface area (Å²) in [4.78, 5) is 2.35. The van der Waals surface area contributed by atoms with E-state index in [-0.39, 0.29) is 0 Å². The molecule has 21 heavy (non-hydrogen) atoms. The molecule has 4 heteroatoms. The van der Waals surface area contributed by atoms with Crippen LogP contribution in [0.25, 0.3) is 0 Å². The van der Waals surface area contributed by atoms with Crippen LogP contribution in [0.5, 0.6) is 0 Å². The van der Waals surface area contributed by atoms with Crippen LogP contribution in [-0.2, 0) is 19.6 Å². The first-order chi connectivity index (χ1) is 10.3. The predicted molar refractivity (Wildman–Crippen MR) is 84.7 cm³/mol. The van der Waals surface area contributed by atoms with Gasteiger partial charge in [0.1, 0.15) is 0 Å². The van der Waals surface area contributed by atoms with Gasteiger partial charge in [-0.1, -0.05) is 49.3 Å². The maximum atomic E-state index is 5.43. The second-order valence-electron chi connectivity index (χ2n) is 5.25. The number of aromatic nitrogens is 1. The molecule has 0 atom stereocenters. The monoisotopic (exact) mass is 287 g/mol. The Morgan fingerprint density at radius 2 is 1.95 bits per heavy atom. The Balaban J connectivity index is 1.86. The first-order valence-corrected chi connectivity index (χ1v) is 7.73. The highest BCUT2D eigenvalue weighted by Crippen LogP contribution is 2.11. The Morgan fingerprint density at radius 3 is 2.67 bits per heavy atom. The molecule has 0 aliphatic heterocycles. The fourth-order valence-electron chi connectivity index (χ4n) is 2.25. The van der Waals surface area contributed by atoms with E-state index in [9.17, 15) is 0 Å². The Hall–Kier alpha value is -1.65. The van der Waals surface area contributed by atoms with E-state index in [0.29, 0.717) is 0 Å². The zero-order chi connectivity index (χ0) is 14.9. The Kier molecular flexibility index (Phi) is 6.44. The third-order valence-electron chi connectivity index (χ3n) is 3.42. The van der Waals surface area contributed by atoms with Gasteiger partial charge in [0.05, 0.1) is 12.2 Å². The van der Waals surface area contributed by atoms with Crippen molar-refractivity contribution in [1.29, 1.82) is 0 Å². The second kappa shape index (κ2) is 8.60. The molecule has 0 spiro atoms. The third-order valence-corrected chi connectivity index (χ3v) is 3.42. The molecular formula is C17H25N3O. The van der Waals surface area contributed by atoms with Crippen molar-refractivity contribution in [2.24, 2.45) is 0 Å². The van der Waals surface area contributed by atoms with Gasteiger partial charge < -0.3 is 9.84 Å². The summed E-state index contributed by atoms with van der Waals surface area (Å²) in [6.07, 6.45) is 1.13. The van der Waals surface area contributed by atoms with Crippen LogP contribution < -0.4 is 5.32 Å². The average Bonchev–Trinajstić information content (AvgIpc) is 2.95. The van der Waals surface area contributed by atoms with Crippen molar-refractivity contribution in [1.82, 2.24) is 15.4 Å². The first kappa shape index (κ1) is 15.7. The molecule has 0 saturated heterocycles. The van der Waals surface area contributed by atoms with Gasteiger partial charge in [0, 0.05) is 19.2 Å². The summed E-state index contributed by atoms with van der Waals surface area (Å²) in [7, 11) is 0. The lowest BCUT2D eigenvalue weighted by atomic mass is 10.2. The Morgan fingerprint density at radius 1 is 1.14 bits per heavy atom. The molecule has 0 fully saturated rings. The summed E-state index contributed by atoms with van der Waals surface area (Å²) in [6, 6.07) is 12.6. The van der Waals surface area contributed by atoms with Gasteiger partial charge in [-0.2, -0.15) is 0 Å². The SMILES string of the molecule is CCCNCc1cc(CN(CC)Cc2ccccc2)on1. The van der Waals surface area contributed by atoms with Crippen molar-refractivity contribution in [3.8, 4) is 0 Å². The summed E-state index contributed by atoms with van der Waals surface area (Å²) in [5.74, 6) is 0.932. The van der Waals surface area contributed by atoms with Crippen LogP contribution >= 0.6 is 0 Å². The van der Waals surface area contributed by atoms with E-state index in [2.05, 4.69) is 59.6 Å². The van der Waals surface area contributed by atoms with Gasteiger partial charge in [-0.3, -0.25) is 4.90 Å². The summed E-state index contributed by atoms with van der Waals surface area (Å²) >= 11 is 0. The lowest BCUT2D eigenvalue weighted by Gasteiger charge is -2.18. The molecule has 114 valence electrons. The predicted octanol–water partition coefficient (Wildman–Crippen LogP) is 3.20. The molecule has 1 aromatic carbocycles. The van der Waals surface area contributed by atoms with E-state index in [1.165, 1.54) is 5.56 Å². The number of rotatable bonds is 9. The van der Waals surface area contributed by atoms with E-state index < -0.39 is 0 Å². The van der Waals surface area contributed by atoms with Crippen LogP contribution in [0.1, 0.15) is 37.3 Å². The standard InChI is InChI=1S/C17H25N3O/c1-3-10-18-12-16-11-17(21-19-16)14-20(4-2)13-15-8-6-5-7-9-15/h5-9,11,18H,3-4,10,12-14H2,1-2H3. The smallest absolute Gasteiger partial charge is 0.151 e. The number of hydrogen-bond donors (Lipinski definition) is 1. The number of benzene rings is 1. The molecule has 1 N–H and O–H groups in total. The maximum Gasteiger partial charge on any atom is 0.151 e. The van der Waals surface area contributed by atoms with Crippen molar-refractivity contribution in [3.05, 3.63) is 53.4 Å². The highest BCUT2D eigenvalue weighted by Gasteiger charge is 2.09. The van der Waals surface area contributed by atoms with Crippen LogP contribution in [-0.4, -0.2) is 23.1 Å². The second-order valence-corrected chi connectivity index (χ2v) is 5.25. The summed E-state index contributed by atoms with van der Waals surface area (Å²) in [5, 5.41) is 7.45. The van der Waals surface area contributed by atoms with E-state index in [4.69, 9.17) is 4.52 Å². The van der Waals surface area contributed by atoms with Crippen LogP contribution in [0, 0.1) is 0 Å². The minimum Gasteiger partial charge on any atom is -0.360 e. The van der Waals surface area contributed by atoms with Crippen molar-refractivity contribution in [2.75, 3.05) is 13.1 Å². The highest BCUT2D eigenvalue weighted by molar-refractivity contribution is 5.14. The van der Waals surface area contributed by atoms with Gasteiger partial charge in [-0.25, -0.2) is 0 Å². The minimum atomic E-state index is 0.780. The number of nitrogens with one attached hydrogen (secondary N) is 1. The molecule has 0 radical (unpaired) electrons. The van der Waals surface area contributed by atoms with Gasteiger partial charge in [-0.15, -0.1) is 0 Å². The van der Waals surface area contributed by atoms with Crippen LogP contribution in [0.15, 0.2) is 40.9 Å². The van der Waals surface area contributed by atoms with Crippen molar-refractivity contribution < 1.29 is 4.52 Å². The fourth-order valence-corrected chi connectivity index (χ4v) is 2.25. The number of nitrogens with zero attached hydrogens (tertiary/aromatic N) is 2. The molecule has 0 bridgehead atoms. The zero-order valence-corrected chi connectivity index (χ0v) is 13.0. The summed E-state index contributed by atoms with van der Waals surface area (Å²) < 4.78 is 5.43. The molecule has 0 saturated carbocycles. The third kappa shape index (κ3) is 5.33. The molecule has 2 rings (SSSR count). The average molecular weight is 287 g/mol. The lowest BCUT2D eigenvalue weighted by molar-refractivity contribution is 0.233.